The standard InChI is InChI=1S/C6H11N7/c7-4-2-13(10)6-3-12(9)5(8)1-11(4)6/h1-3H,7-10H2. The maximum Gasteiger partial charge on any atom is 0.151 e. The van der Waals surface area contributed by atoms with Crippen molar-refractivity contribution >= 4 is 0 Å². The Bertz CT molecular complexity index is 328. The van der Waals surface area contributed by atoms with Crippen molar-refractivity contribution in [3.05, 3.63) is 36.1 Å². The Kier molecular flexibility index (Phi) is 1.38. The van der Waals surface area contributed by atoms with Crippen molar-refractivity contribution in [1.29, 1.82) is 0 Å². The molecule has 7 heteroatoms. The molecule has 0 fully saturated rings. The van der Waals surface area contributed by atoms with E-state index in [1.165, 1.54) is 10.0 Å². The van der Waals surface area contributed by atoms with Crippen LogP contribution in [0.1, 0.15) is 0 Å². The Balaban J connectivity index is 2.38. The first-order valence-electron chi connectivity index (χ1n) is 3.63. The van der Waals surface area contributed by atoms with Crippen LogP contribution in [0.15, 0.2) is 36.1 Å². The van der Waals surface area contributed by atoms with Gasteiger partial charge in [-0.25, -0.2) is 11.7 Å². The fourth-order valence-electron chi connectivity index (χ4n) is 1.19. The molecule has 0 atom stereocenters. The van der Waals surface area contributed by atoms with Gasteiger partial charge >= 0.3 is 0 Å². The second-order valence-electron chi connectivity index (χ2n) is 2.78. The summed E-state index contributed by atoms with van der Waals surface area (Å²) in [5, 5.41) is 2.65. The lowest BCUT2D eigenvalue weighted by Crippen LogP contribution is -2.39. The van der Waals surface area contributed by atoms with Crippen LogP contribution < -0.4 is 23.2 Å². The minimum Gasteiger partial charge on any atom is -0.384 e. The minimum atomic E-state index is 0.399. The van der Waals surface area contributed by atoms with Gasteiger partial charge in [-0.15, -0.1) is 0 Å². The third kappa shape index (κ3) is 0.983. The highest BCUT2D eigenvalue weighted by Crippen LogP contribution is 2.24. The lowest BCUT2D eigenvalue weighted by Gasteiger charge is -2.28. The van der Waals surface area contributed by atoms with Crippen molar-refractivity contribution in [1.82, 2.24) is 14.9 Å². The molecule has 0 saturated heterocycles. The van der Waals surface area contributed by atoms with Gasteiger partial charge in [-0.1, -0.05) is 0 Å². The monoisotopic (exact) mass is 181 g/mol. The Morgan fingerprint density at radius 2 is 1.54 bits per heavy atom. The number of rotatable bonds is 0. The second-order valence-corrected chi connectivity index (χ2v) is 2.78. The van der Waals surface area contributed by atoms with Crippen LogP contribution >= 0.6 is 0 Å². The van der Waals surface area contributed by atoms with E-state index in [1.54, 1.807) is 23.5 Å². The predicted molar refractivity (Wildman–Crippen MR) is 46.5 cm³/mol. The molecule has 0 aliphatic carbocycles. The van der Waals surface area contributed by atoms with Crippen molar-refractivity contribution < 1.29 is 0 Å². The Morgan fingerprint density at radius 1 is 0.846 bits per heavy atom. The average Bonchev–Trinajstić information content (AvgIpc) is 2.31. The highest BCUT2D eigenvalue weighted by molar-refractivity contribution is 5.26. The van der Waals surface area contributed by atoms with Crippen molar-refractivity contribution in [3.63, 3.8) is 0 Å². The van der Waals surface area contributed by atoms with Crippen LogP contribution in [0.5, 0.6) is 0 Å². The number of hydrazine groups is 2. The molecule has 0 aromatic heterocycles. The van der Waals surface area contributed by atoms with E-state index in [4.69, 9.17) is 23.2 Å². The number of fused-ring (bicyclic) bond motifs is 1. The van der Waals surface area contributed by atoms with Crippen molar-refractivity contribution in [3.8, 4) is 0 Å². The third-order valence-electron chi connectivity index (χ3n) is 1.87. The first-order chi connectivity index (χ1) is 6.09. The Hall–Kier alpha value is -1.86. The van der Waals surface area contributed by atoms with E-state index in [0.29, 0.717) is 17.5 Å². The summed E-state index contributed by atoms with van der Waals surface area (Å²) in [6.45, 7) is 0. The summed E-state index contributed by atoms with van der Waals surface area (Å²) in [4.78, 5) is 1.65. The Labute approximate surface area is 75.1 Å². The highest BCUT2D eigenvalue weighted by Gasteiger charge is 2.26. The van der Waals surface area contributed by atoms with Gasteiger partial charge in [0.25, 0.3) is 0 Å². The molecule has 0 radical (unpaired) electrons. The summed E-state index contributed by atoms with van der Waals surface area (Å²) in [6, 6.07) is 0. The molecule has 2 aliphatic rings. The quantitative estimate of drug-likeness (QED) is 0.319. The zero-order valence-corrected chi connectivity index (χ0v) is 6.88. The van der Waals surface area contributed by atoms with Gasteiger partial charge in [-0.05, 0) is 0 Å². The van der Waals surface area contributed by atoms with Gasteiger partial charge in [0.2, 0.25) is 0 Å². The SMILES string of the molecule is NC1=CN2C(N)=CN(N)C2=CN1N. The fourth-order valence-corrected chi connectivity index (χ4v) is 1.19. The van der Waals surface area contributed by atoms with E-state index >= 15 is 0 Å². The summed E-state index contributed by atoms with van der Waals surface area (Å²) >= 11 is 0. The lowest BCUT2D eigenvalue weighted by molar-refractivity contribution is 0.347. The molecule has 0 aromatic carbocycles. The maximum atomic E-state index is 5.65. The number of nitrogens with two attached hydrogens (primary N) is 4. The van der Waals surface area contributed by atoms with Crippen LogP contribution in [0.4, 0.5) is 0 Å². The summed E-state index contributed by atoms with van der Waals surface area (Å²) in [5.74, 6) is 12.7. The van der Waals surface area contributed by atoms with Crippen LogP contribution in [0, 0.1) is 0 Å². The minimum absolute atomic E-state index is 0.399. The molecule has 8 N–H and O–H groups in total. The predicted octanol–water partition coefficient (Wildman–Crippen LogP) is -2.02. The summed E-state index contributed by atoms with van der Waals surface area (Å²) in [6.07, 6.45) is 4.77. The molecule has 0 aromatic rings. The highest BCUT2D eigenvalue weighted by atomic mass is 15.6. The molecule has 2 heterocycles. The second kappa shape index (κ2) is 2.31. The van der Waals surface area contributed by atoms with Gasteiger partial charge in [-0.2, -0.15) is 0 Å². The molecule has 13 heavy (non-hydrogen) atoms. The zero-order chi connectivity index (χ0) is 9.59. The van der Waals surface area contributed by atoms with E-state index in [1.807, 2.05) is 0 Å². The van der Waals surface area contributed by atoms with Crippen LogP contribution in [-0.4, -0.2) is 14.9 Å². The van der Waals surface area contributed by atoms with E-state index in [0.717, 1.165) is 0 Å². The molecule has 7 nitrogen and oxygen atoms in total. The van der Waals surface area contributed by atoms with E-state index in [2.05, 4.69) is 0 Å². The van der Waals surface area contributed by atoms with Gasteiger partial charge in [-0.3, -0.25) is 14.9 Å². The topological polar surface area (TPSA) is 114 Å². The van der Waals surface area contributed by atoms with Crippen LogP contribution in [-0.2, 0) is 0 Å². The van der Waals surface area contributed by atoms with Crippen molar-refractivity contribution in [2.24, 2.45) is 23.2 Å². The molecule has 0 spiro atoms. The first-order valence-corrected chi connectivity index (χ1v) is 3.63. The molecule has 2 aliphatic heterocycles. The van der Waals surface area contributed by atoms with Gasteiger partial charge in [0.05, 0.1) is 18.6 Å². The van der Waals surface area contributed by atoms with Gasteiger partial charge in [0.1, 0.15) is 11.6 Å². The molecular weight excluding hydrogens is 170 g/mol. The van der Waals surface area contributed by atoms with Crippen molar-refractivity contribution in [2.75, 3.05) is 0 Å². The molecule has 0 saturated carbocycles. The molecule has 70 valence electrons. The van der Waals surface area contributed by atoms with Crippen LogP contribution in [0.2, 0.25) is 0 Å². The smallest absolute Gasteiger partial charge is 0.151 e. The summed E-state index contributed by atoms with van der Waals surface area (Å²) in [7, 11) is 0. The normalized spacial score (nSPS) is 21.1. The molecule has 0 amide bonds. The molecule has 0 unspecified atom stereocenters. The average molecular weight is 181 g/mol. The largest absolute Gasteiger partial charge is 0.384 e. The third-order valence-corrected chi connectivity index (χ3v) is 1.87. The number of hydrogen-bond acceptors (Lipinski definition) is 7. The van der Waals surface area contributed by atoms with Gasteiger partial charge < -0.3 is 11.5 Å². The molecule has 2 rings (SSSR count). The van der Waals surface area contributed by atoms with Crippen LogP contribution in [0.25, 0.3) is 0 Å². The molecule has 0 bridgehead atoms. The van der Waals surface area contributed by atoms with Gasteiger partial charge in [0, 0.05) is 0 Å². The maximum absolute atomic E-state index is 5.65. The summed E-state index contributed by atoms with van der Waals surface area (Å²) < 4.78 is 0. The van der Waals surface area contributed by atoms with E-state index < -0.39 is 0 Å². The van der Waals surface area contributed by atoms with Gasteiger partial charge in [0.15, 0.2) is 5.82 Å². The van der Waals surface area contributed by atoms with E-state index in [9.17, 15) is 0 Å². The number of hydrogen-bond donors (Lipinski definition) is 4. The van der Waals surface area contributed by atoms with Crippen LogP contribution in [0.3, 0.4) is 0 Å². The van der Waals surface area contributed by atoms with Crippen molar-refractivity contribution in [2.45, 2.75) is 0 Å². The Morgan fingerprint density at radius 3 is 2.23 bits per heavy atom. The summed E-state index contributed by atoms with van der Waals surface area (Å²) in [5.41, 5.74) is 11.2. The van der Waals surface area contributed by atoms with E-state index in [-0.39, 0.29) is 0 Å². The first kappa shape index (κ1) is 7.77. The fraction of sp³-hybridized carbons (Fsp3) is 0. The number of nitrogens with zero attached hydrogens (tertiary/aromatic N) is 3. The zero-order valence-electron chi connectivity index (χ0n) is 6.88. The lowest BCUT2D eigenvalue weighted by atomic mass is 10.5. The molecular formula is C6H11N7.